The lowest BCUT2D eigenvalue weighted by molar-refractivity contribution is -0.114. The van der Waals surface area contributed by atoms with Crippen LogP contribution in [0.5, 0.6) is 0 Å². The molecule has 152 valence electrons. The van der Waals surface area contributed by atoms with Crippen molar-refractivity contribution >= 4 is 28.4 Å². The standard InChI is InChI=1S/C23H20FN3O3/c1-15(28)26-19-8-9-21-17(11-19)12-22(23(29)25-13-20-3-2-10-30-20)27(21)14-16-4-6-18(24)7-5-16/h2-12H,13-14H2,1H3,(H,25,29)(H,26,28). The summed E-state index contributed by atoms with van der Waals surface area (Å²) in [6, 6.07) is 17.0. The Hall–Kier alpha value is -3.87. The van der Waals surface area contributed by atoms with E-state index in [-0.39, 0.29) is 24.2 Å². The third kappa shape index (κ3) is 4.25. The fraction of sp³-hybridized carbons (Fsp3) is 0.130. The minimum absolute atomic E-state index is 0.170. The van der Waals surface area contributed by atoms with Crippen molar-refractivity contribution in [2.75, 3.05) is 5.32 Å². The summed E-state index contributed by atoms with van der Waals surface area (Å²) in [6.45, 7) is 2.10. The Kier molecular flexibility index (Phi) is 5.34. The van der Waals surface area contributed by atoms with E-state index in [0.717, 1.165) is 16.5 Å². The van der Waals surface area contributed by atoms with Gasteiger partial charge in [-0.2, -0.15) is 0 Å². The van der Waals surface area contributed by atoms with Crippen LogP contribution in [0.2, 0.25) is 0 Å². The molecule has 2 aromatic carbocycles. The molecule has 7 heteroatoms. The molecule has 0 radical (unpaired) electrons. The van der Waals surface area contributed by atoms with Crippen molar-refractivity contribution in [1.29, 1.82) is 0 Å². The lowest BCUT2D eigenvalue weighted by atomic mass is 10.2. The highest BCUT2D eigenvalue weighted by Gasteiger charge is 2.17. The maximum absolute atomic E-state index is 13.3. The number of nitrogens with zero attached hydrogens (tertiary/aromatic N) is 1. The maximum Gasteiger partial charge on any atom is 0.268 e. The van der Waals surface area contributed by atoms with E-state index in [1.807, 2.05) is 16.7 Å². The third-order valence-electron chi connectivity index (χ3n) is 4.71. The van der Waals surface area contributed by atoms with Gasteiger partial charge >= 0.3 is 0 Å². The summed E-state index contributed by atoms with van der Waals surface area (Å²) >= 11 is 0. The molecule has 2 aromatic heterocycles. The van der Waals surface area contributed by atoms with Crippen LogP contribution >= 0.6 is 0 Å². The second kappa shape index (κ2) is 8.24. The number of furan rings is 1. The molecule has 0 saturated carbocycles. The van der Waals surface area contributed by atoms with Gasteiger partial charge in [-0.1, -0.05) is 12.1 Å². The monoisotopic (exact) mass is 405 g/mol. The van der Waals surface area contributed by atoms with E-state index < -0.39 is 0 Å². The Balaban J connectivity index is 1.70. The Morgan fingerprint density at radius 1 is 1.07 bits per heavy atom. The maximum atomic E-state index is 13.3. The number of hydrogen-bond donors (Lipinski definition) is 2. The summed E-state index contributed by atoms with van der Waals surface area (Å²) in [7, 11) is 0. The molecular formula is C23H20FN3O3. The Morgan fingerprint density at radius 3 is 2.57 bits per heavy atom. The number of aromatic nitrogens is 1. The number of halogens is 1. The van der Waals surface area contributed by atoms with Gasteiger partial charge in [0.05, 0.1) is 12.8 Å². The molecule has 0 aliphatic heterocycles. The number of amides is 2. The van der Waals surface area contributed by atoms with Gasteiger partial charge in [0.25, 0.3) is 5.91 Å². The summed E-state index contributed by atoms with van der Waals surface area (Å²) in [5.74, 6) is -0.0905. The van der Waals surface area contributed by atoms with Gasteiger partial charge in [0.2, 0.25) is 5.91 Å². The van der Waals surface area contributed by atoms with Gasteiger partial charge in [0.1, 0.15) is 17.3 Å². The molecule has 4 rings (SSSR count). The van der Waals surface area contributed by atoms with Crippen LogP contribution in [0.25, 0.3) is 10.9 Å². The van der Waals surface area contributed by atoms with Gasteiger partial charge in [-0.25, -0.2) is 4.39 Å². The van der Waals surface area contributed by atoms with Crippen molar-refractivity contribution < 1.29 is 18.4 Å². The molecular weight excluding hydrogens is 385 g/mol. The Bertz CT molecular complexity index is 1190. The van der Waals surface area contributed by atoms with E-state index in [4.69, 9.17) is 4.42 Å². The number of carbonyl (C=O) groups excluding carboxylic acids is 2. The second-order valence-electron chi connectivity index (χ2n) is 6.96. The van der Waals surface area contributed by atoms with E-state index >= 15 is 0 Å². The van der Waals surface area contributed by atoms with Crippen molar-refractivity contribution in [1.82, 2.24) is 9.88 Å². The summed E-state index contributed by atoms with van der Waals surface area (Å²) < 4.78 is 20.4. The van der Waals surface area contributed by atoms with Gasteiger partial charge in [0, 0.05) is 30.1 Å². The Labute approximate surface area is 172 Å². The molecule has 0 aliphatic rings. The molecule has 0 saturated heterocycles. The van der Waals surface area contributed by atoms with Crippen LogP contribution in [-0.2, 0) is 17.9 Å². The van der Waals surface area contributed by atoms with Gasteiger partial charge in [-0.05, 0) is 54.1 Å². The Morgan fingerprint density at radius 2 is 1.87 bits per heavy atom. The minimum atomic E-state index is -0.313. The van der Waals surface area contributed by atoms with Crippen LogP contribution in [0, 0.1) is 5.82 Å². The summed E-state index contributed by atoms with van der Waals surface area (Å²) in [5.41, 5.74) is 2.80. The van der Waals surface area contributed by atoms with Crippen LogP contribution in [0.1, 0.15) is 28.7 Å². The van der Waals surface area contributed by atoms with Gasteiger partial charge < -0.3 is 19.6 Å². The molecule has 30 heavy (non-hydrogen) atoms. The summed E-state index contributed by atoms with van der Waals surface area (Å²) in [5, 5.41) is 6.42. The number of nitrogens with one attached hydrogen (secondary N) is 2. The fourth-order valence-electron chi connectivity index (χ4n) is 3.35. The quantitative estimate of drug-likeness (QED) is 0.502. The first-order valence-corrected chi connectivity index (χ1v) is 9.45. The molecule has 0 atom stereocenters. The van der Waals surface area contributed by atoms with Gasteiger partial charge in [0.15, 0.2) is 0 Å². The highest BCUT2D eigenvalue weighted by molar-refractivity contribution is 6.00. The zero-order valence-electron chi connectivity index (χ0n) is 16.3. The van der Waals surface area contributed by atoms with Crippen molar-refractivity contribution in [2.45, 2.75) is 20.0 Å². The van der Waals surface area contributed by atoms with Crippen LogP contribution in [0.3, 0.4) is 0 Å². The average molecular weight is 405 g/mol. The lowest BCUT2D eigenvalue weighted by Crippen LogP contribution is -2.25. The number of carbonyl (C=O) groups is 2. The average Bonchev–Trinajstić information content (AvgIpc) is 3.35. The van der Waals surface area contributed by atoms with Crippen LogP contribution in [-0.4, -0.2) is 16.4 Å². The largest absolute Gasteiger partial charge is 0.467 e. The SMILES string of the molecule is CC(=O)Nc1ccc2c(c1)cc(C(=O)NCc1ccco1)n2Cc1ccc(F)cc1. The molecule has 6 nitrogen and oxygen atoms in total. The number of benzene rings is 2. The second-order valence-corrected chi connectivity index (χ2v) is 6.96. The third-order valence-corrected chi connectivity index (χ3v) is 4.71. The van der Waals surface area contributed by atoms with Gasteiger partial charge in [-0.15, -0.1) is 0 Å². The van der Waals surface area contributed by atoms with Crippen molar-refractivity contribution in [3.05, 3.63) is 89.8 Å². The molecule has 0 aliphatic carbocycles. The molecule has 0 spiro atoms. The normalized spacial score (nSPS) is 10.9. The van der Waals surface area contributed by atoms with E-state index in [1.165, 1.54) is 19.1 Å². The first-order chi connectivity index (χ1) is 14.5. The number of hydrogen-bond acceptors (Lipinski definition) is 3. The molecule has 0 fully saturated rings. The predicted molar refractivity (Wildman–Crippen MR) is 112 cm³/mol. The van der Waals surface area contributed by atoms with Crippen LogP contribution in [0.15, 0.2) is 71.3 Å². The minimum Gasteiger partial charge on any atom is -0.467 e. The number of fused-ring (bicyclic) bond motifs is 1. The fourth-order valence-corrected chi connectivity index (χ4v) is 3.35. The molecule has 2 N–H and O–H groups in total. The molecule has 0 bridgehead atoms. The molecule has 2 amide bonds. The highest BCUT2D eigenvalue weighted by atomic mass is 19.1. The summed E-state index contributed by atoms with van der Waals surface area (Å²) in [4.78, 5) is 24.3. The molecule has 4 aromatic rings. The first kappa shape index (κ1) is 19.4. The topological polar surface area (TPSA) is 76.3 Å². The van der Waals surface area contributed by atoms with Crippen LogP contribution in [0.4, 0.5) is 10.1 Å². The number of rotatable bonds is 6. The molecule has 0 unspecified atom stereocenters. The summed E-state index contributed by atoms with van der Waals surface area (Å²) in [6.07, 6.45) is 1.55. The first-order valence-electron chi connectivity index (χ1n) is 9.45. The zero-order valence-corrected chi connectivity index (χ0v) is 16.3. The van der Waals surface area contributed by atoms with E-state index in [0.29, 0.717) is 23.7 Å². The smallest absolute Gasteiger partial charge is 0.268 e. The van der Waals surface area contributed by atoms with Crippen LogP contribution < -0.4 is 10.6 Å². The highest BCUT2D eigenvalue weighted by Crippen LogP contribution is 2.25. The lowest BCUT2D eigenvalue weighted by Gasteiger charge is -2.11. The van der Waals surface area contributed by atoms with Crippen molar-refractivity contribution in [3.63, 3.8) is 0 Å². The van der Waals surface area contributed by atoms with Crippen molar-refractivity contribution in [3.8, 4) is 0 Å². The zero-order chi connectivity index (χ0) is 21.1. The van der Waals surface area contributed by atoms with Gasteiger partial charge in [-0.3, -0.25) is 9.59 Å². The van der Waals surface area contributed by atoms with E-state index in [9.17, 15) is 14.0 Å². The van der Waals surface area contributed by atoms with E-state index in [2.05, 4.69) is 10.6 Å². The number of anilines is 1. The predicted octanol–water partition coefficient (Wildman–Crippen LogP) is 4.31. The van der Waals surface area contributed by atoms with Crippen molar-refractivity contribution in [2.24, 2.45) is 0 Å². The van der Waals surface area contributed by atoms with E-state index in [1.54, 1.807) is 42.7 Å². The molecule has 2 heterocycles.